The second-order valence-corrected chi connectivity index (χ2v) is 6.89. The van der Waals surface area contributed by atoms with Gasteiger partial charge in [0.2, 0.25) is 0 Å². The van der Waals surface area contributed by atoms with Gasteiger partial charge in [0.1, 0.15) is 24.1 Å². The summed E-state index contributed by atoms with van der Waals surface area (Å²) in [7, 11) is 0. The van der Waals surface area contributed by atoms with Crippen LogP contribution in [0.3, 0.4) is 0 Å². The number of aromatic nitrogens is 4. The maximum absolute atomic E-state index is 14.6. The standard InChI is InChI=1S/C19H20F3N5O/c20-14-4-2-1-3-12(14)16(22)9-28-17-6-5-11(7-15(17)21)26-18-13-8-25-27-19(13)24-10-23-18/h1-4,8,10-11,15-17H,5-7,9H2,(H2,23,24,25,26,27)/t11-,15?,16?,17-/m0/s1. The second kappa shape index (κ2) is 8.14. The van der Waals surface area contributed by atoms with Crippen LogP contribution < -0.4 is 5.32 Å². The third-order valence-corrected chi connectivity index (χ3v) is 5.00. The van der Waals surface area contributed by atoms with E-state index < -0.39 is 24.3 Å². The lowest BCUT2D eigenvalue weighted by molar-refractivity contribution is -0.0459. The van der Waals surface area contributed by atoms with E-state index in [4.69, 9.17) is 4.74 Å². The van der Waals surface area contributed by atoms with Crippen LogP contribution >= 0.6 is 0 Å². The fourth-order valence-electron chi connectivity index (χ4n) is 3.51. The van der Waals surface area contributed by atoms with E-state index in [-0.39, 0.29) is 24.6 Å². The maximum atomic E-state index is 14.6. The summed E-state index contributed by atoms with van der Waals surface area (Å²) in [5, 5.41) is 10.7. The number of aromatic amines is 1. The van der Waals surface area contributed by atoms with E-state index in [0.29, 0.717) is 24.3 Å². The molecule has 2 N–H and O–H groups in total. The minimum Gasteiger partial charge on any atom is -0.372 e. The number of benzene rings is 1. The normalized spacial score (nSPS) is 23.6. The summed E-state index contributed by atoms with van der Waals surface area (Å²) >= 11 is 0. The van der Waals surface area contributed by atoms with Gasteiger partial charge in [0, 0.05) is 18.0 Å². The van der Waals surface area contributed by atoms with Gasteiger partial charge in [-0.15, -0.1) is 0 Å². The summed E-state index contributed by atoms with van der Waals surface area (Å²) in [6.45, 7) is -0.369. The van der Waals surface area contributed by atoms with Crippen molar-refractivity contribution in [3.63, 3.8) is 0 Å². The smallest absolute Gasteiger partial charge is 0.160 e. The van der Waals surface area contributed by atoms with Crippen LogP contribution in [0.5, 0.6) is 0 Å². The number of H-pyrrole nitrogens is 1. The Morgan fingerprint density at radius 2 is 2.11 bits per heavy atom. The van der Waals surface area contributed by atoms with E-state index in [2.05, 4.69) is 25.5 Å². The van der Waals surface area contributed by atoms with Gasteiger partial charge in [0.05, 0.1) is 24.3 Å². The molecule has 1 fully saturated rings. The fourth-order valence-corrected chi connectivity index (χ4v) is 3.51. The van der Waals surface area contributed by atoms with Gasteiger partial charge in [0.25, 0.3) is 0 Å². The van der Waals surface area contributed by atoms with Crippen molar-refractivity contribution < 1.29 is 17.9 Å². The molecule has 0 amide bonds. The van der Waals surface area contributed by atoms with Crippen molar-refractivity contribution in [1.82, 2.24) is 20.2 Å². The average Bonchev–Trinajstić information content (AvgIpc) is 3.17. The van der Waals surface area contributed by atoms with Gasteiger partial charge >= 0.3 is 0 Å². The van der Waals surface area contributed by atoms with E-state index >= 15 is 0 Å². The molecule has 2 aromatic heterocycles. The average molecular weight is 391 g/mol. The molecule has 9 heteroatoms. The summed E-state index contributed by atoms with van der Waals surface area (Å²) in [6, 6.07) is 5.49. The van der Waals surface area contributed by atoms with Gasteiger partial charge in [-0.25, -0.2) is 23.1 Å². The molecule has 4 rings (SSSR count). The zero-order valence-electron chi connectivity index (χ0n) is 15.0. The number of anilines is 1. The molecule has 0 aliphatic heterocycles. The van der Waals surface area contributed by atoms with Gasteiger partial charge in [-0.2, -0.15) is 5.10 Å². The van der Waals surface area contributed by atoms with Crippen LogP contribution in [-0.4, -0.2) is 45.1 Å². The zero-order valence-corrected chi connectivity index (χ0v) is 15.0. The maximum Gasteiger partial charge on any atom is 0.160 e. The molecule has 4 atom stereocenters. The molecule has 0 radical (unpaired) electrons. The van der Waals surface area contributed by atoms with Crippen molar-refractivity contribution in [2.45, 2.75) is 43.8 Å². The number of alkyl halides is 2. The summed E-state index contributed by atoms with van der Waals surface area (Å²) in [6.07, 6.45) is 0.735. The number of hydrogen-bond donors (Lipinski definition) is 2. The number of nitrogens with zero attached hydrogens (tertiary/aromatic N) is 3. The first-order valence-corrected chi connectivity index (χ1v) is 9.16. The van der Waals surface area contributed by atoms with Crippen molar-refractivity contribution in [3.8, 4) is 0 Å². The molecule has 1 saturated carbocycles. The topological polar surface area (TPSA) is 75.7 Å². The number of ether oxygens (including phenoxy) is 1. The number of rotatable bonds is 6. The molecular formula is C19H20F3N5O. The highest BCUT2D eigenvalue weighted by Gasteiger charge is 2.32. The Labute approximate surface area is 159 Å². The number of halogens is 3. The second-order valence-electron chi connectivity index (χ2n) is 6.89. The fraction of sp³-hybridized carbons (Fsp3) is 0.421. The Balaban J connectivity index is 1.31. The van der Waals surface area contributed by atoms with Crippen molar-refractivity contribution in [1.29, 1.82) is 0 Å². The predicted octanol–water partition coefficient (Wildman–Crippen LogP) is 3.89. The van der Waals surface area contributed by atoms with E-state index in [9.17, 15) is 13.2 Å². The molecule has 0 bridgehead atoms. The monoisotopic (exact) mass is 391 g/mol. The molecule has 148 valence electrons. The molecule has 28 heavy (non-hydrogen) atoms. The van der Waals surface area contributed by atoms with Crippen molar-refractivity contribution in [3.05, 3.63) is 48.2 Å². The Bertz CT molecular complexity index is 937. The third kappa shape index (κ3) is 3.94. The van der Waals surface area contributed by atoms with Gasteiger partial charge in [-0.3, -0.25) is 5.10 Å². The van der Waals surface area contributed by atoms with Crippen molar-refractivity contribution in [2.24, 2.45) is 0 Å². The molecule has 1 aliphatic rings. The summed E-state index contributed by atoms with van der Waals surface area (Å²) in [5.74, 6) is -0.0302. The van der Waals surface area contributed by atoms with Gasteiger partial charge in [-0.1, -0.05) is 18.2 Å². The number of hydrogen-bond acceptors (Lipinski definition) is 5. The molecule has 3 aromatic rings. The van der Waals surface area contributed by atoms with Crippen LogP contribution in [0.15, 0.2) is 36.8 Å². The first-order valence-electron chi connectivity index (χ1n) is 9.16. The lowest BCUT2D eigenvalue weighted by atomic mass is 9.91. The molecule has 1 aliphatic carbocycles. The predicted molar refractivity (Wildman–Crippen MR) is 97.8 cm³/mol. The van der Waals surface area contributed by atoms with E-state index in [0.717, 1.165) is 5.39 Å². The largest absolute Gasteiger partial charge is 0.372 e. The summed E-state index contributed by atoms with van der Waals surface area (Å²) < 4.78 is 47.9. The van der Waals surface area contributed by atoms with E-state index in [1.165, 1.54) is 24.5 Å². The van der Waals surface area contributed by atoms with Crippen LogP contribution in [0.25, 0.3) is 11.0 Å². The molecule has 1 aromatic carbocycles. The van der Waals surface area contributed by atoms with Crippen LogP contribution in [0, 0.1) is 5.82 Å². The lowest BCUT2D eigenvalue weighted by Crippen LogP contribution is -2.39. The van der Waals surface area contributed by atoms with Crippen LogP contribution in [-0.2, 0) is 4.74 Å². The summed E-state index contributed by atoms with van der Waals surface area (Å²) in [5.41, 5.74) is 0.537. The van der Waals surface area contributed by atoms with Gasteiger partial charge in [-0.05, 0) is 18.9 Å². The van der Waals surface area contributed by atoms with Crippen molar-refractivity contribution >= 4 is 16.9 Å². The third-order valence-electron chi connectivity index (χ3n) is 5.00. The first-order chi connectivity index (χ1) is 13.6. The minimum absolute atomic E-state index is 0.0684. The minimum atomic E-state index is -1.63. The van der Waals surface area contributed by atoms with Gasteiger partial charge < -0.3 is 10.1 Å². The first kappa shape index (κ1) is 18.7. The number of fused-ring (bicyclic) bond motifs is 1. The Kier molecular flexibility index (Phi) is 5.43. The Morgan fingerprint density at radius 1 is 1.25 bits per heavy atom. The number of nitrogens with one attached hydrogen (secondary N) is 2. The molecule has 0 saturated heterocycles. The molecular weight excluding hydrogens is 371 g/mol. The lowest BCUT2D eigenvalue weighted by Gasteiger charge is -2.32. The van der Waals surface area contributed by atoms with Crippen LogP contribution in [0.4, 0.5) is 19.0 Å². The van der Waals surface area contributed by atoms with E-state index in [1.807, 2.05) is 0 Å². The Hall–Kier alpha value is -2.68. The molecule has 6 nitrogen and oxygen atoms in total. The molecule has 0 spiro atoms. The highest BCUT2D eigenvalue weighted by molar-refractivity contribution is 5.85. The highest BCUT2D eigenvalue weighted by atomic mass is 19.1. The van der Waals surface area contributed by atoms with E-state index in [1.54, 1.807) is 12.3 Å². The summed E-state index contributed by atoms with van der Waals surface area (Å²) in [4.78, 5) is 8.27. The van der Waals surface area contributed by atoms with Crippen LogP contribution in [0.1, 0.15) is 31.0 Å². The zero-order chi connectivity index (χ0) is 19.5. The SMILES string of the molecule is Fc1ccccc1C(F)CO[C@H]1CC[C@H](Nc2ncnc3[nH]ncc23)CC1F. The molecule has 2 heterocycles. The van der Waals surface area contributed by atoms with Crippen molar-refractivity contribution in [2.75, 3.05) is 11.9 Å². The molecule has 2 unspecified atom stereocenters. The van der Waals surface area contributed by atoms with Crippen LogP contribution in [0.2, 0.25) is 0 Å². The van der Waals surface area contributed by atoms with Gasteiger partial charge in [0.15, 0.2) is 11.8 Å². The Morgan fingerprint density at radius 3 is 2.93 bits per heavy atom. The highest BCUT2D eigenvalue weighted by Crippen LogP contribution is 2.29. The quantitative estimate of drug-likeness (QED) is 0.667.